The number of nitrogens with one attached hydrogen (secondary N) is 1. The molecule has 34 heavy (non-hydrogen) atoms. The van der Waals surface area contributed by atoms with Crippen LogP contribution in [0.15, 0.2) is 23.5 Å². The first kappa shape index (κ1) is 28.1. The van der Waals surface area contributed by atoms with Crippen molar-refractivity contribution in [2.45, 2.75) is 39.3 Å². The van der Waals surface area contributed by atoms with Crippen LogP contribution in [-0.4, -0.2) is 88.4 Å². The molecule has 2 bridgehead atoms. The Labute approximate surface area is 219 Å². The Balaban J connectivity index is 0.00000408. The minimum atomic E-state index is -5.08. The largest absolute Gasteiger partial charge is 1.00 e. The number of urea groups is 1. The van der Waals surface area contributed by atoms with Crippen molar-refractivity contribution in [1.82, 2.24) is 25.1 Å². The third kappa shape index (κ3) is 7.68. The van der Waals surface area contributed by atoms with Crippen LogP contribution in [0.25, 0.3) is 5.70 Å². The van der Waals surface area contributed by atoms with Gasteiger partial charge in [-0.2, -0.15) is 14.4 Å². The van der Waals surface area contributed by atoms with E-state index >= 15 is 0 Å². The molecular formula is C18H25N6NaO8S. The maximum absolute atomic E-state index is 12.2. The van der Waals surface area contributed by atoms with Gasteiger partial charge in [0.25, 0.3) is 0 Å². The summed E-state index contributed by atoms with van der Waals surface area (Å²) < 4.78 is 43.6. The topological polar surface area (TPSA) is 168 Å². The molecule has 182 valence electrons. The maximum atomic E-state index is 12.2. The predicted octanol–water partition coefficient (Wildman–Crippen LogP) is -2.50. The molecular weight excluding hydrogens is 483 g/mol. The number of rotatable bonds is 8. The minimum absolute atomic E-state index is 0. The number of hydroxylamine groups is 2. The van der Waals surface area contributed by atoms with Gasteiger partial charge in [0.1, 0.15) is 29.7 Å². The molecule has 3 rings (SSSR count). The summed E-state index contributed by atoms with van der Waals surface area (Å²) in [5.41, 5.74) is 0.986. The number of aromatic nitrogens is 2. The van der Waals surface area contributed by atoms with Gasteiger partial charge >= 0.3 is 41.7 Å². The second-order valence-corrected chi connectivity index (χ2v) is 9.25. The predicted molar refractivity (Wildman–Crippen MR) is 112 cm³/mol. The number of fused-ring (bicyclic) bond motifs is 2. The molecule has 1 atom stereocenters. The second-order valence-electron chi connectivity index (χ2n) is 8.28. The van der Waals surface area contributed by atoms with Crippen molar-refractivity contribution in [3.63, 3.8) is 0 Å². The van der Waals surface area contributed by atoms with Crippen molar-refractivity contribution in [3.05, 3.63) is 24.0 Å². The number of hydrogen-bond acceptors (Lipinski definition) is 10. The average Bonchev–Trinajstić information content (AvgIpc) is 3.25. The van der Waals surface area contributed by atoms with Crippen molar-refractivity contribution >= 4 is 33.9 Å². The fourth-order valence-electron chi connectivity index (χ4n) is 3.10. The number of oxime groups is 1. The van der Waals surface area contributed by atoms with Crippen molar-refractivity contribution in [2.24, 2.45) is 5.16 Å². The standard InChI is InChI=1S/C18H26N6O8S.Na/c1-12(21-30-8-6-19-16(25)31-18(2,3)4)15-5-7-23(20-15)13-9-14-11-22(10-13)17(26)24(14)32-33(27,28)29;/h5,7,9,14H,6,8,10-11H2,1-4H3,(H,19,25)(H,27,28,29);/q;+1/p-1/b21-12-;. The third-order valence-electron chi connectivity index (χ3n) is 4.39. The van der Waals surface area contributed by atoms with Gasteiger partial charge in [-0.3, -0.25) is 0 Å². The molecule has 1 aromatic heterocycles. The first-order chi connectivity index (χ1) is 15.3. The molecule has 14 nitrogen and oxygen atoms in total. The summed E-state index contributed by atoms with van der Waals surface area (Å²) in [7, 11) is -5.08. The van der Waals surface area contributed by atoms with Crippen LogP contribution in [0.5, 0.6) is 0 Å². The Morgan fingerprint density at radius 2 is 2.09 bits per heavy atom. The molecule has 0 saturated carbocycles. The molecule has 1 saturated heterocycles. The van der Waals surface area contributed by atoms with E-state index in [0.29, 0.717) is 22.2 Å². The molecule has 0 radical (unpaired) electrons. The zero-order chi connectivity index (χ0) is 24.4. The smallest absolute Gasteiger partial charge is 0.724 e. The number of carbonyl (C=O) groups excluding carboxylic acids is 2. The van der Waals surface area contributed by atoms with E-state index in [4.69, 9.17) is 9.57 Å². The van der Waals surface area contributed by atoms with Crippen molar-refractivity contribution in [3.8, 4) is 0 Å². The SMILES string of the molecule is C/C(=N/OCCNC(=O)OC(C)(C)C)c1ccn(C2=CC3CN(C2)C(=O)N3OS(=O)(=O)[O-])n1.[Na+]. The van der Waals surface area contributed by atoms with Gasteiger partial charge < -0.3 is 24.3 Å². The van der Waals surface area contributed by atoms with Gasteiger partial charge in [-0.1, -0.05) is 5.16 Å². The fourth-order valence-corrected chi connectivity index (χ4v) is 3.47. The molecule has 0 aromatic carbocycles. The van der Waals surface area contributed by atoms with Gasteiger partial charge in [0, 0.05) is 12.7 Å². The Hall–Kier alpha value is -2.17. The number of carbonyl (C=O) groups is 2. The number of nitrogens with zero attached hydrogens (tertiary/aromatic N) is 5. The first-order valence-electron chi connectivity index (χ1n) is 9.96. The van der Waals surface area contributed by atoms with Crippen LogP contribution in [0, 0.1) is 0 Å². The number of alkyl carbamates (subject to hydrolysis) is 1. The Bertz CT molecular complexity index is 1080. The molecule has 0 spiro atoms. The average molecular weight is 508 g/mol. The summed E-state index contributed by atoms with van der Waals surface area (Å²) in [6, 6.07) is 0.226. The molecule has 16 heteroatoms. The van der Waals surface area contributed by atoms with Gasteiger partial charge in [0.05, 0.1) is 18.8 Å². The van der Waals surface area contributed by atoms with Crippen molar-refractivity contribution < 1.29 is 66.0 Å². The Morgan fingerprint density at radius 3 is 2.74 bits per heavy atom. The van der Waals surface area contributed by atoms with Crippen molar-refractivity contribution in [1.29, 1.82) is 0 Å². The van der Waals surface area contributed by atoms with Crippen LogP contribution in [0.2, 0.25) is 0 Å². The van der Waals surface area contributed by atoms with Gasteiger partial charge in [-0.05, 0) is 39.8 Å². The minimum Gasteiger partial charge on any atom is -0.724 e. The molecule has 1 aromatic rings. The van der Waals surface area contributed by atoms with Gasteiger partial charge in [-0.25, -0.2) is 22.7 Å². The monoisotopic (exact) mass is 508 g/mol. The summed E-state index contributed by atoms with van der Waals surface area (Å²) >= 11 is 0. The molecule has 2 aliphatic heterocycles. The quantitative estimate of drug-likeness (QED) is 0.0997. The van der Waals surface area contributed by atoms with E-state index in [1.165, 1.54) is 9.58 Å². The van der Waals surface area contributed by atoms with E-state index in [2.05, 4.69) is 19.9 Å². The summed E-state index contributed by atoms with van der Waals surface area (Å²) in [5, 5.41) is 11.5. The second kappa shape index (κ2) is 11.0. The van der Waals surface area contributed by atoms with Crippen LogP contribution >= 0.6 is 0 Å². The van der Waals surface area contributed by atoms with Gasteiger partial charge in [0.2, 0.25) is 10.4 Å². The van der Waals surface area contributed by atoms with E-state index in [0.717, 1.165) is 0 Å². The number of amides is 3. The van der Waals surface area contributed by atoms with E-state index < -0.39 is 34.2 Å². The molecule has 2 aliphatic rings. The van der Waals surface area contributed by atoms with Gasteiger partial charge in [-0.15, -0.1) is 0 Å². The Morgan fingerprint density at radius 1 is 1.38 bits per heavy atom. The molecule has 1 fully saturated rings. The van der Waals surface area contributed by atoms with Crippen LogP contribution in [0.3, 0.4) is 0 Å². The van der Waals surface area contributed by atoms with E-state index in [1.54, 1.807) is 46.0 Å². The van der Waals surface area contributed by atoms with Gasteiger partial charge in [0.15, 0.2) is 0 Å². The number of ether oxygens (including phenoxy) is 1. The van der Waals surface area contributed by atoms with Crippen LogP contribution in [0.4, 0.5) is 9.59 Å². The Kier molecular flexibility index (Phi) is 9.12. The zero-order valence-corrected chi connectivity index (χ0v) is 22.4. The van der Waals surface area contributed by atoms with E-state index in [-0.39, 0.29) is 55.8 Å². The number of hydrogen-bond donors (Lipinski definition) is 1. The van der Waals surface area contributed by atoms with Crippen LogP contribution in [0.1, 0.15) is 33.4 Å². The summed E-state index contributed by atoms with van der Waals surface area (Å²) in [6.07, 6.45) is 2.71. The van der Waals surface area contributed by atoms with Crippen molar-refractivity contribution in [2.75, 3.05) is 26.2 Å². The summed E-state index contributed by atoms with van der Waals surface area (Å²) in [4.78, 5) is 30.3. The summed E-state index contributed by atoms with van der Waals surface area (Å²) in [5.74, 6) is 0. The molecule has 3 heterocycles. The van der Waals surface area contributed by atoms with E-state index in [9.17, 15) is 22.6 Å². The molecule has 3 amide bonds. The van der Waals surface area contributed by atoms with Crippen LogP contribution < -0.4 is 34.9 Å². The molecule has 1 N–H and O–H groups in total. The van der Waals surface area contributed by atoms with E-state index in [1.807, 2.05) is 0 Å². The third-order valence-corrected chi connectivity index (χ3v) is 4.74. The normalized spacial score (nSPS) is 18.4. The summed E-state index contributed by atoms with van der Waals surface area (Å²) in [6.45, 7) is 7.65. The van der Waals surface area contributed by atoms with Crippen LogP contribution in [-0.2, 0) is 24.3 Å². The first-order valence-corrected chi connectivity index (χ1v) is 11.3. The molecule has 0 aliphatic carbocycles. The fraction of sp³-hybridized carbons (Fsp3) is 0.556. The molecule has 1 unspecified atom stereocenters. The zero-order valence-electron chi connectivity index (χ0n) is 19.5. The maximum Gasteiger partial charge on any atom is 1.00 e.